The summed E-state index contributed by atoms with van der Waals surface area (Å²) in [4.78, 5) is 4.31. The first-order valence-electron chi connectivity index (χ1n) is 5.81. The number of aromatic nitrogens is 2. The van der Waals surface area contributed by atoms with Gasteiger partial charge < -0.3 is 19.1 Å². The number of aliphatic hydroxyl groups is 1. The quantitative estimate of drug-likeness (QED) is 0.888. The van der Waals surface area contributed by atoms with Crippen molar-refractivity contribution in [2.24, 2.45) is 7.05 Å². The topological polar surface area (TPSA) is 56.5 Å². The molecule has 1 N–H and O–H groups in total. The Balaban J connectivity index is 1.99. The van der Waals surface area contributed by atoms with Crippen LogP contribution in [0.3, 0.4) is 0 Å². The van der Waals surface area contributed by atoms with Gasteiger partial charge in [0.05, 0.1) is 18.5 Å². The number of ether oxygens (including phenoxy) is 2. The molecular formula is C13H14N2O3. The van der Waals surface area contributed by atoms with Gasteiger partial charge in [-0.15, -0.1) is 0 Å². The maximum Gasteiger partial charge on any atom is 0.231 e. The molecule has 0 aliphatic carbocycles. The number of hydrogen-bond acceptors (Lipinski definition) is 4. The lowest BCUT2D eigenvalue weighted by Crippen LogP contribution is -2.02. The Morgan fingerprint density at radius 3 is 3.00 bits per heavy atom. The maximum atomic E-state index is 8.96. The maximum absolute atomic E-state index is 8.96. The minimum atomic E-state index is 0.103. The molecule has 0 saturated carbocycles. The normalized spacial score (nSPS) is 13.0. The summed E-state index contributed by atoms with van der Waals surface area (Å²) in [7, 11) is 1.94. The molecule has 0 atom stereocenters. The van der Waals surface area contributed by atoms with Gasteiger partial charge in [0.25, 0.3) is 0 Å². The van der Waals surface area contributed by atoms with Gasteiger partial charge in [-0.05, 0) is 18.2 Å². The van der Waals surface area contributed by atoms with E-state index in [0.29, 0.717) is 6.42 Å². The van der Waals surface area contributed by atoms with E-state index in [0.717, 1.165) is 28.6 Å². The molecule has 0 fully saturated rings. The van der Waals surface area contributed by atoms with Gasteiger partial charge in [0, 0.05) is 19.0 Å². The highest BCUT2D eigenvalue weighted by molar-refractivity contribution is 5.64. The van der Waals surface area contributed by atoms with Crippen LogP contribution in [0.25, 0.3) is 11.3 Å². The molecule has 0 unspecified atom stereocenters. The third kappa shape index (κ3) is 1.73. The monoisotopic (exact) mass is 246 g/mol. The fourth-order valence-corrected chi connectivity index (χ4v) is 2.10. The summed E-state index contributed by atoms with van der Waals surface area (Å²) in [5.74, 6) is 2.40. The van der Waals surface area contributed by atoms with Gasteiger partial charge in [-0.3, -0.25) is 0 Å². The number of imidazole rings is 1. The van der Waals surface area contributed by atoms with Crippen molar-refractivity contribution in [3.8, 4) is 22.8 Å². The fraction of sp³-hybridized carbons (Fsp3) is 0.308. The van der Waals surface area contributed by atoms with E-state index in [1.165, 1.54) is 0 Å². The van der Waals surface area contributed by atoms with Crippen molar-refractivity contribution < 1.29 is 14.6 Å². The Morgan fingerprint density at radius 2 is 2.17 bits per heavy atom. The van der Waals surface area contributed by atoms with Gasteiger partial charge in [0.1, 0.15) is 5.82 Å². The Bertz CT molecular complexity index is 578. The Hall–Kier alpha value is -2.01. The molecule has 5 nitrogen and oxygen atoms in total. The van der Waals surface area contributed by atoms with Gasteiger partial charge in [-0.1, -0.05) is 0 Å². The largest absolute Gasteiger partial charge is 0.454 e. The van der Waals surface area contributed by atoms with E-state index in [9.17, 15) is 0 Å². The molecule has 0 amide bonds. The summed E-state index contributed by atoms with van der Waals surface area (Å²) in [6.07, 6.45) is 2.36. The predicted molar refractivity (Wildman–Crippen MR) is 65.6 cm³/mol. The van der Waals surface area contributed by atoms with Crippen molar-refractivity contribution in [2.75, 3.05) is 13.4 Å². The minimum Gasteiger partial charge on any atom is -0.454 e. The van der Waals surface area contributed by atoms with Gasteiger partial charge in [0.2, 0.25) is 6.79 Å². The van der Waals surface area contributed by atoms with Crippen LogP contribution in [0, 0.1) is 0 Å². The van der Waals surface area contributed by atoms with Crippen molar-refractivity contribution in [1.82, 2.24) is 9.55 Å². The lowest BCUT2D eigenvalue weighted by molar-refractivity contribution is 0.174. The van der Waals surface area contributed by atoms with Gasteiger partial charge in [0.15, 0.2) is 11.5 Å². The molecule has 1 aliphatic rings. The number of rotatable bonds is 3. The van der Waals surface area contributed by atoms with E-state index in [2.05, 4.69) is 4.98 Å². The van der Waals surface area contributed by atoms with E-state index in [4.69, 9.17) is 14.6 Å². The second-order valence-corrected chi connectivity index (χ2v) is 4.16. The summed E-state index contributed by atoms with van der Waals surface area (Å²) >= 11 is 0. The molecule has 2 heterocycles. The van der Waals surface area contributed by atoms with E-state index in [1.54, 1.807) is 0 Å². The van der Waals surface area contributed by atoms with Crippen LogP contribution in [-0.2, 0) is 13.5 Å². The van der Waals surface area contributed by atoms with Gasteiger partial charge >= 0.3 is 0 Å². The van der Waals surface area contributed by atoms with Crippen LogP contribution in [0.1, 0.15) is 5.82 Å². The Kier molecular flexibility index (Phi) is 2.68. The Morgan fingerprint density at radius 1 is 1.33 bits per heavy atom. The van der Waals surface area contributed by atoms with Crippen LogP contribution in [0.15, 0.2) is 24.4 Å². The van der Waals surface area contributed by atoms with Crippen LogP contribution >= 0.6 is 0 Å². The molecule has 1 aromatic carbocycles. The minimum absolute atomic E-state index is 0.103. The highest BCUT2D eigenvalue weighted by Crippen LogP contribution is 2.35. The van der Waals surface area contributed by atoms with Crippen LogP contribution < -0.4 is 9.47 Å². The summed E-state index contributed by atoms with van der Waals surface area (Å²) in [6, 6.07) is 5.83. The van der Waals surface area contributed by atoms with E-state index in [-0.39, 0.29) is 13.4 Å². The standard InChI is InChI=1S/C13H14N2O3/c1-15-10(7-14-13(15)4-5-16)9-2-3-11-12(6-9)18-8-17-11/h2-3,6-7,16H,4-5,8H2,1H3. The number of nitrogens with zero attached hydrogens (tertiary/aromatic N) is 2. The fourth-order valence-electron chi connectivity index (χ4n) is 2.10. The number of aliphatic hydroxyl groups excluding tert-OH is 1. The van der Waals surface area contributed by atoms with E-state index < -0.39 is 0 Å². The van der Waals surface area contributed by atoms with Crippen molar-refractivity contribution in [2.45, 2.75) is 6.42 Å². The number of fused-ring (bicyclic) bond motifs is 1. The molecule has 18 heavy (non-hydrogen) atoms. The summed E-state index contributed by atoms with van der Waals surface area (Å²) in [6.45, 7) is 0.380. The molecule has 0 saturated heterocycles. The lowest BCUT2D eigenvalue weighted by atomic mass is 10.1. The first-order valence-corrected chi connectivity index (χ1v) is 5.81. The molecular weight excluding hydrogens is 232 g/mol. The van der Waals surface area contributed by atoms with Crippen molar-refractivity contribution in [1.29, 1.82) is 0 Å². The zero-order valence-electron chi connectivity index (χ0n) is 10.1. The molecule has 0 radical (unpaired) electrons. The zero-order valence-corrected chi connectivity index (χ0v) is 10.1. The average Bonchev–Trinajstić information content (AvgIpc) is 2.97. The molecule has 1 aromatic heterocycles. The summed E-state index contributed by atoms with van der Waals surface area (Å²) in [5.41, 5.74) is 2.02. The molecule has 2 aromatic rings. The smallest absolute Gasteiger partial charge is 0.231 e. The van der Waals surface area contributed by atoms with Crippen LogP contribution in [0.5, 0.6) is 11.5 Å². The molecule has 0 bridgehead atoms. The third-order valence-electron chi connectivity index (χ3n) is 3.09. The lowest BCUT2D eigenvalue weighted by Gasteiger charge is -2.06. The van der Waals surface area contributed by atoms with E-state index >= 15 is 0 Å². The van der Waals surface area contributed by atoms with Crippen LogP contribution in [-0.4, -0.2) is 28.1 Å². The van der Waals surface area contributed by atoms with Crippen molar-refractivity contribution in [3.63, 3.8) is 0 Å². The highest BCUT2D eigenvalue weighted by Gasteiger charge is 2.15. The van der Waals surface area contributed by atoms with Gasteiger partial charge in [-0.25, -0.2) is 4.98 Å². The SMILES string of the molecule is Cn1c(-c2ccc3c(c2)OCO3)cnc1CCO. The average molecular weight is 246 g/mol. The second-order valence-electron chi connectivity index (χ2n) is 4.16. The van der Waals surface area contributed by atoms with Crippen molar-refractivity contribution >= 4 is 0 Å². The number of benzene rings is 1. The highest BCUT2D eigenvalue weighted by atomic mass is 16.7. The second kappa shape index (κ2) is 4.34. The molecule has 5 heteroatoms. The van der Waals surface area contributed by atoms with Crippen LogP contribution in [0.4, 0.5) is 0 Å². The third-order valence-corrected chi connectivity index (χ3v) is 3.09. The molecule has 0 spiro atoms. The van der Waals surface area contributed by atoms with Crippen molar-refractivity contribution in [3.05, 3.63) is 30.2 Å². The molecule has 3 rings (SSSR count). The van der Waals surface area contributed by atoms with Gasteiger partial charge in [-0.2, -0.15) is 0 Å². The summed E-state index contributed by atoms with van der Waals surface area (Å²) < 4.78 is 12.6. The predicted octanol–water partition coefficient (Wildman–Crippen LogP) is 1.35. The van der Waals surface area contributed by atoms with E-state index in [1.807, 2.05) is 36.0 Å². The first-order chi connectivity index (χ1) is 8.79. The zero-order chi connectivity index (χ0) is 12.5. The summed E-state index contributed by atoms with van der Waals surface area (Å²) in [5, 5.41) is 8.96. The molecule has 94 valence electrons. The van der Waals surface area contributed by atoms with Crippen LogP contribution in [0.2, 0.25) is 0 Å². The molecule has 1 aliphatic heterocycles. The Labute approximate surface area is 105 Å². The number of hydrogen-bond donors (Lipinski definition) is 1. The first kappa shape index (κ1) is 11.1.